The van der Waals surface area contributed by atoms with Crippen molar-refractivity contribution >= 4 is 17.5 Å². The molecule has 1 atom stereocenters. The summed E-state index contributed by atoms with van der Waals surface area (Å²) in [5.41, 5.74) is 2.83. The number of anilines is 1. The molecule has 1 unspecified atom stereocenters. The topological polar surface area (TPSA) is 76.0 Å². The number of hydrogen-bond donors (Lipinski definition) is 2. The molecule has 0 saturated heterocycles. The number of benzene rings is 2. The van der Waals surface area contributed by atoms with E-state index in [0.717, 1.165) is 11.3 Å². The van der Waals surface area contributed by atoms with Crippen LogP contribution in [0.3, 0.4) is 0 Å². The molecular formula is C20H20N4O2. The molecule has 2 aromatic carbocycles. The first-order chi connectivity index (χ1) is 12.5. The van der Waals surface area contributed by atoms with E-state index in [0.29, 0.717) is 11.4 Å². The summed E-state index contributed by atoms with van der Waals surface area (Å²) in [6, 6.07) is 18.5. The Morgan fingerprint density at radius 1 is 1.04 bits per heavy atom. The highest BCUT2D eigenvalue weighted by atomic mass is 16.2. The third-order valence-corrected chi connectivity index (χ3v) is 3.90. The van der Waals surface area contributed by atoms with Gasteiger partial charge in [0.25, 0.3) is 5.91 Å². The van der Waals surface area contributed by atoms with Crippen molar-refractivity contribution in [2.24, 2.45) is 0 Å². The Morgan fingerprint density at radius 3 is 2.54 bits per heavy atom. The van der Waals surface area contributed by atoms with Crippen LogP contribution in [0.25, 0.3) is 5.69 Å². The molecule has 0 aliphatic rings. The highest BCUT2D eigenvalue weighted by Gasteiger charge is 2.14. The van der Waals surface area contributed by atoms with Gasteiger partial charge in [-0.15, -0.1) is 0 Å². The van der Waals surface area contributed by atoms with Gasteiger partial charge in [-0.3, -0.25) is 9.59 Å². The number of carbonyl (C=O) groups is 2. The van der Waals surface area contributed by atoms with Crippen molar-refractivity contribution in [1.29, 1.82) is 0 Å². The summed E-state index contributed by atoms with van der Waals surface area (Å²) in [6.07, 6.45) is 1.76. The number of rotatable bonds is 5. The predicted octanol–water partition coefficient (Wildman–Crippen LogP) is 3.32. The molecule has 0 fully saturated rings. The molecule has 2 amide bonds. The van der Waals surface area contributed by atoms with Crippen LogP contribution in [-0.4, -0.2) is 21.6 Å². The zero-order valence-corrected chi connectivity index (χ0v) is 14.6. The van der Waals surface area contributed by atoms with Gasteiger partial charge in [0.1, 0.15) is 0 Å². The molecule has 0 spiro atoms. The van der Waals surface area contributed by atoms with Crippen molar-refractivity contribution in [3.8, 4) is 5.69 Å². The highest BCUT2D eigenvalue weighted by Crippen LogP contribution is 2.18. The summed E-state index contributed by atoms with van der Waals surface area (Å²) in [5, 5.41) is 10.0. The summed E-state index contributed by atoms with van der Waals surface area (Å²) in [5.74, 6) is -0.387. The van der Waals surface area contributed by atoms with Crippen molar-refractivity contribution in [3.05, 3.63) is 78.1 Å². The lowest BCUT2D eigenvalue weighted by atomic mass is 10.1. The minimum atomic E-state index is -0.253. The maximum absolute atomic E-state index is 12.5. The smallest absolute Gasteiger partial charge is 0.272 e. The van der Waals surface area contributed by atoms with Crippen LogP contribution in [0.1, 0.15) is 35.9 Å². The molecule has 2 N–H and O–H groups in total. The van der Waals surface area contributed by atoms with E-state index < -0.39 is 0 Å². The van der Waals surface area contributed by atoms with Gasteiger partial charge in [-0.25, -0.2) is 4.68 Å². The van der Waals surface area contributed by atoms with Crippen LogP contribution in [-0.2, 0) is 4.79 Å². The first-order valence-electron chi connectivity index (χ1n) is 8.32. The molecule has 3 aromatic rings. The Morgan fingerprint density at radius 2 is 1.81 bits per heavy atom. The fourth-order valence-electron chi connectivity index (χ4n) is 2.61. The molecule has 3 rings (SSSR count). The molecule has 1 aromatic heterocycles. The zero-order chi connectivity index (χ0) is 18.5. The number of para-hydroxylation sites is 1. The molecule has 0 bridgehead atoms. The van der Waals surface area contributed by atoms with Crippen LogP contribution in [0, 0.1) is 0 Å². The monoisotopic (exact) mass is 348 g/mol. The van der Waals surface area contributed by atoms with Crippen LogP contribution in [0.2, 0.25) is 0 Å². The summed E-state index contributed by atoms with van der Waals surface area (Å²) >= 11 is 0. The second-order valence-corrected chi connectivity index (χ2v) is 5.98. The van der Waals surface area contributed by atoms with E-state index in [-0.39, 0.29) is 17.9 Å². The van der Waals surface area contributed by atoms with Crippen LogP contribution in [0.15, 0.2) is 66.9 Å². The van der Waals surface area contributed by atoms with E-state index in [9.17, 15) is 9.59 Å². The van der Waals surface area contributed by atoms with E-state index in [1.54, 1.807) is 23.0 Å². The molecule has 26 heavy (non-hydrogen) atoms. The van der Waals surface area contributed by atoms with Gasteiger partial charge < -0.3 is 10.6 Å². The third kappa shape index (κ3) is 4.16. The molecule has 6 nitrogen and oxygen atoms in total. The Balaban J connectivity index is 1.70. The SMILES string of the molecule is CC(=O)Nc1cccc(C(C)NC(=O)c2ccn(-c3ccccc3)n2)c1. The van der Waals surface area contributed by atoms with E-state index in [1.165, 1.54) is 6.92 Å². The summed E-state index contributed by atoms with van der Waals surface area (Å²) in [6.45, 7) is 3.35. The van der Waals surface area contributed by atoms with Gasteiger partial charge in [-0.1, -0.05) is 30.3 Å². The molecule has 0 aliphatic heterocycles. The highest BCUT2D eigenvalue weighted by molar-refractivity contribution is 5.92. The Hall–Kier alpha value is -3.41. The quantitative estimate of drug-likeness (QED) is 0.743. The lowest BCUT2D eigenvalue weighted by Crippen LogP contribution is -2.27. The largest absolute Gasteiger partial charge is 0.344 e. The molecular weight excluding hydrogens is 328 g/mol. The maximum Gasteiger partial charge on any atom is 0.272 e. The minimum Gasteiger partial charge on any atom is -0.344 e. The maximum atomic E-state index is 12.5. The first-order valence-corrected chi connectivity index (χ1v) is 8.32. The Bertz CT molecular complexity index is 918. The first kappa shape index (κ1) is 17.4. The molecule has 0 aliphatic carbocycles. The average molecular weight is 348 g/mol. The number of amides is 2. The molecule has 0 saturated carbocycles. The predicted molar refractivity (Wildman–Crippen MR) is 100 cm³/mol. The van der Waals surface area contributed by atoms with Crippen molar-refractivity contribution in [3.63, 3.8) is 0 Å². The summed E-state index contributed by atoms with van der Waals surface area (Å²) in [4.78, 5) is 23.7. The van der Waals surface area contributed by atoms with Gasteiger partial charge in [0.15, 0.2) is 5.69 Å². The molecule has 0 radical (unpaired) electrons. The number of carbonyl (C=O) groups excluding carboxylic acids is 2. The van der Waals surface area contributed by atoms with Crippen LogP contribution >= 0.6 is 0 Å². The second-order valence-electron chi connectivity index (χ2n) is 5.98. The van der Waals surface area contributed by atoms with Gasteiger partial charge >= 0.3 is 0 Å². The number of nitrogens with one attached hydrogen (secondary N) is 2. The molecule has 6 heteroatoms. The van der Waals surface area contributed by atoms with Gasteiger partial charge in [0.2, 0.25) is 5.91 Å². The van der Waals surface area contributed by atoms with Crippen molar-refractivity contribution in [1.82, 2.24) is 15.1 Å². The fraction of sp³-hybridized carbons (Fsp3) is 0.150. The molecule has 132 valence electrons. The standard InChI is InChI=1S/C20H20N4O2/c1-14(16-7-6-8-17(13-16)22-15(2)25)21-20(26)19-11-12-24(23-19)18-9-4-3-5-10-18/h3-14H,1-2H3,(H,21,26)(H,22,25). The fourth-order valence-corrected chi connectivity index (χ4v) is 2.61. The van der Waals surface area contributed by atoms with E-state index in [4.69, 9.17) is 0 Å². The number of nitrogens with zero attached hydrogens (tertiary/aromatic N) is 2. The van der Waals surface area contributed by atoms with Crippen LogP contribution in [0.4, 0.5) is 5.69 Å². The van der Waals surface area contributed by atoms with E-state index in [1.807, 2.05) is 55.5 Å². The van der Waals surface area contributed by atoms with E-state index in [2.05, 4.69) is 15.7 Å². The zero-order valence-electron chi connectivity index (χ0n) is 14.6. The van der Waals surface area contributed by atoms with Crippen molar-refractivity contribution < 1.29 is 9.59 Å². The van der Waals surface area contributed by atoms with E-state index >= 15 is 0 Å². The number of aromatic nitrogens is 2. The van der Waals surface area contributed by atoms with Gasteiger partial charge in [0, 0.05) is 18.8 Å². The second kappa shape index (κ2) is 7.65. The Labute approximate surface area is 151 Å². The van der Waals surface area contributed by atoms with Crippen LogP contribution < -0.4 is 10.6 Å². The van der Waals surface area contributed by atoms with Gasteiger partial charge in [-0.05, 0) is 42.8 Å². The Kier molecular flexibility index (Phi) is 5.12. The summed E-state index contributed by atoms with van der Waals surface area (Å²) < 4.78 is 1.66. The van der Waals surface area contributed by atoms with Crippen molar-refractivity contribution in [2.75, 3.05) is 5.32 Å². The van der Waals surface area contributed by atoms with Gasteiger partial charge in [0.05, 0.1) is 11.7 Å². The lowest BCUT2D eigenvalue weighted by molar-refractivity contribution is -0.114. The molecule has 1 heterocycles. The normalized spacial score (nSPS) is 11.6. The minimum absolute atomic E-state index is 0.134. The lowest BCUT2D eigenvalue weighted by Gasteiger charge is -2.14. The van der Waals surface area contributed by atoms with Crippen molar-refractivity contribution in [2.45, 2.75) is 19.9 Å². The van der Waals surface area contributed by atoms with Gasteiger partial charge in [-0.2, -0.15) is 5.10 Å². The summed E-state index contributed by atoms with van der Waals surface area (Å²) in [7, 11) is 0. The number of hydrogen-bond acceptors (Lipinski definition) is 3. The average Bonchev–Trinajstić information content (AvgIpc) is 3.12. The van der Waals surface area contributed by atoms with Crippen LogP contribution in [0.5, 0.6) is 0 Å². The third-order valence-electron chi connectivity index (χ3n) is 3.90.